The van der Waals surface area contributed by atoms with Crippen LogP contribution in [-0.4, -0.2) is 55.1 Å². The molecule has 0 aliphatic carbocycles. The molecule has 1 aliphatic heterocycles. The van der Waals surface area contributed by atoms with E-state index in [0.29, 0.717) is 6.42 Å². The summed E-state index contributed by atoms with van der Waals surface area (Å²) in [6.07, 6.45) is 0.383. The van der Waals surface area contributed by atoms with E-state index < -0.39 is 0 Å². The highest BCUT2D eigenvalue weighted by atomic mass is 35.5. The molecule has 1 fully saturated rings. The van der Waals surface area contributed by atoms with Crippen LogP contribution in [0.2, 0.25) is 0 Å². The van der Waals surface area contributed by atoms with Crippen molar-refractivity contribution in [3.63, 3.8) is 0 Å². The molecular weight excluding hydrogens is 355 g/mol. The number of nitrogens with zero attached hydrogens (tertiary/aromatic N) is 2. The van der Waals surface area contributed by atoms with Crippen LogP contribution >= 0.6 is 36.2 Å². The summed E-state index contributed by atoms with van der Waals surface area (Å²) in [6.45, 7) is 12.3. The van der Waals surface area contributed by atoms with Crippen molar-refractivity contribution in [3.8, 4) is 0 Å². The van der Waals surface area contributed by atoms with E-state index >= 15 is 0 Å². The molecule has 8 heteroatoms. The first kappa shape index (κ1) is 22.6. The molecule has 23 heavy (non-hydrogen) atoms. The molecule has 134 valence electrons. The van der Waals surface area contributed by atoms with Crippen molar-refractivity contribution in [1.29, 1.82) is 0 Å². The minimum Gasteiger partial charge on any atom is -0.354 e. The van der Waals surface area contributed by atoms with Gasteiger partial charge in [0.15, 0.2) is 0 Å². The van der Waals surface area contributed by atoms with Gasteiger partial charge in [-0.3, -0.25) is 9.69 Å². The van der Waals surface area contributed by atoms with Gasteiger partial charge in [-0.2, -0.15) is 0 Å². The van der Waals surface area contributed by atoms with E-state index in [9.17, 15) is 4.79 Å². The van der Waals surface area contributed by atoms with E-state index in [1.165, 1.54) is 0 Å². The summed E-state index contributed by atoms with van der Waals surface area (Å²) >= 11 is 1.64. The third-order valence-corrected chi connectivity index (χ3v) is 4.81. The first-order valence-electron chi connectivity index (χ1n) is 7.60. The number of rotatable bonds is 5. The average Bonchev–Trinajstić information content (AvgIpc) is 2.88. The number of thiazole rings is 1. The fourth-order valence-corrected chi connectivity index (χ4v) is 3.16. The smallest absolute Gasteiger partial charge is 0.226 e. The summed E-state index contributed by atoms with van der Waals surface area (Å²) in [5.41, 5.74) is 0.936. The highest BCUT2D eigenvalue weighted by Gasteiger charge is 2.18. The van der Waals surface area contributed by atoms with Crippen molar-refractivity contribution in [2.24, 2.45) is 0 Å². The van der Waals surface area contributed by atoms with Crippen LogP contribution < -0.4 is 10.6 Å². The normalized spacial score (nSPS) is 15.4. The second-order valence-electron chi connectivity index (χ2n) is 6.51. The largest absolute Gasteiger partial charge is 0.354 e. The summed E-state index contributed by atoms with van der Waals surface area (Å²) in [7, 11) is 0. The van der Waals surface area contributed by atoms with Crippen molar-refractivity contribution < 1.29 is 4.79 Å². The molecule has 0 bridgehead atoms. The average molecular weight is 383 g/mol. The van der Waals surface area contributed by atoms with Crippen LogP contribution in [0.3, 0.4) is 0 Å². The number of hydrogen-bond acceptors (Lipinski definition) is 5. The molecule has 1 aliphatic rings. The van der Waals surface area contributed by atoms with Gasteiger partial charge >= 0.3 is 0 Å². The van der Waals surface area contributed by atoms with Crippen molar-refractivity contribution in [3.05, 3.63) is 16.1 Å². The Morgan fingerprint density at radius 3 is 2.57 bits per heavy atom. The highest BCUT2D eigenvalue weighted by molar-refractivity contribution is 7.09. The molecule has 0 spiro atoms. The lowest BCUT2D eigenvalue weighted by Crippen LogP contribution is -2.46. The number of hydrogen-bond donors (Lipinski definition) is 2. The summed E-state index contributed by atoms with van der Waals surface area (Å²) in [6, 6.07) is 0. The molecule has 2 N–H and O–H groups in total. The van der Waals surface area contributed by atoms with Gasteiger partial charge in [0.05, 0.1) is 17.1 Å². The van der Waals surface area contributed by atoms with E-state index in [1.807, 2.05) is 5.38 Å². The molecule has 5 nitrogen and oxygen atoms in total. The van der Waals surface area contributed by atoms with Crippen LogP contribution in [0.4, 0.5) is 0 Å². The number of amides is 1. The van der Waals surface area contributed by atoms with Crippen LogP contribution in [0.1, 0.15) is 31.5 Å². The topological polar surface area (TPSA) is 57.3 Å². The molecule has 1 aromatic rings. The number of carbonyl (C=O) groups excluding carboxylic acids is 1. The summed E-state index contributed by atoms with van der Waals surface area (Å²) in [4.78, 5) is 18.9. The van der Waals surface area contributed by atoms with Crippen molar-refractivity contribution in [1.82, 2.24) is 20.5 Å². The number of halogens is 2. The molecule has 2 rings (SSSR count). The van der Waals surface area contributed by atoms with Crippen LogP contribution in [0.15, 0.2) is 5.38 Å². The van der Waals surface area contributed by atoms with Gasteiger partial charge in [-0.15, -0.1) is 36.2 Å². The Hall–Kier alpha value is -0.400. The van der Waals surface area contributed by atoms with E-state index in [4.69, 9.17) is 0 Å². The molecule has 0 radical (unpaired) electrons. The zero-order valence-electron chi connectivity index (χ0n) is 14.1. The minimum absolute atomic E-state index is 0. The maximum absolute atomic E-state index is 11.9. The summed E-state index contributed by atoms with van der Waals surface area (Å²) < 4.78 is 0. The SMILES string of the molecule is CC(C)(C)c1nc(CC(=O)NCCN2CCNCC2)cs1.Cl.Cl. The Bertz CT molecular complexity index is 470. The predicted molar refractivity (Wildman–Crippen MR) is 101 cm³/mol. The molecular formula is C15H28Cl2N4OS. The van der Waals surface area contributed by atoms with Gasteiger partial charge < -0.3 is 10.6 Å². The number of aromatic nitrogens is 1. The van der Waals surface area contributed by atoms with Crippen molar-refractivity contribution >= 4 is 42.1 Å². The Morgan fingerprint density at radius 2 is 2.00 bits per heavy atom. The zero-order chi connectivity index (χ0) is 15.3. The Labute approximate surface area is 155 Å². The lowest BCUT2D eigenvalue weighted by molar-refractivity contribution is -0.120. The number of carbonyl (C=O) groups is 1. The van der Waals surface area contributed by atoms with Gasteiger partial charge in [0.1, 0.15) is 0 Å². The van der Waals surface area contributed by atoms with Crippen LogP contribution in [-0.2, 0) is 16.6 Å². The van der Waals surface area contributed by atoms with Gasteiger partial charge in [0, 0.05) is 50.1 Å². The summed E-state index contributed by atoms with van der Waals surface area (Å²) in [5, 5.41) is 9.40. The number of nitrogens with one attached hydrogen (secondary N) is 2. The molecule has 0 atom stereocenters. The Balaban J connectivity index is 0.00000242. The second kappa shape index (κ2) is 10.5. The fourth-order valence-electron chi connectivity index (χ4n) is 2.25. The molecule has 1 saturated heterocycles. The fraction of sp³-hybridized carbons (Fsp3) is 0.733. The molecule has 1 amide bonds. The molecule has 0 unspecified atom stereocenters. The van der Waals surface area contributed by atoms with Gasteiger partial charge in [-0.25, -0.2) is 4.98 Å². The van der Waals surface area contributed by atoms with Crippen LogP contribution in [0.5, 0.6) is 0 Å². The predicted octanol–water partition coefficient (Wildman–Crippen LogP) is 1.85. The monoisotopic (exact) mass is 382 g/mol. The first-order chi connectivity index (χ1) is 9.95. The lowest BCUT2D eigenvalue weighted by Gasteiger charge is -2.27. The standard InChI is InChI=1S/C15H26N4OS.2ClH/c1-15(2,3)14-18-12(11-21-14)10-13(20)17-6-9-19-7-4-16-5-8-19;;/h11,16H,4-10H2,1-3H3,(H,17,20);2*1H. The minimum atomic E-state index is 0. The third kappa shape index (κ3) is 7.81. The van der Waals surface area contributed by atoms with E-state index in [-0.39, 0.29) is 36.1 Å². The Kier molecular flexibility index (Phi) is 10.3. The van der Waals surface area contributed by atoms with Crippen molar-refractivity contribution in [2.45, 2.75) is 32.6 Å². The second-order valence-corrected chi connectivity index (χ2v) is 7.37. The molecule has 1 aromatic heterocycles. The third-order valence-electron chi connectivity index (χ3n) is 3.49. The van der Waals surface area contributed by atoms with E-state index in [1.54, 1.807) is 11.3 Å². The van der Waals surface area contributed by atoms with Crippen LogP contribution in [0, 0.1) is 0 Å². The molecule has 0 aromatic carbocycles. The van der Waals surface area contributed by atoms with E-state index in [2.05, 4.69) is 41.3 Å². The summed E-state index contributed by atoms with van der Waals surface area (Å²) in [5.74, 6) is 0.0656. The van der Waals surface area contributed by atoms with Gasteiger partial charge in [-0.05, 0) is 0 Å². The maximum atomic E-state index is 11.9. The quantitative estimate of drug-likeness (QED) is 0.815. The number of piperazine rings is 1. The van der Waals surface area contributed by atoms with Gasteiger partial charge in [0.2, 0.25) is 5.91 Å². The van der Waals surface area contributed by atoms with Crippen molar-refractivity contribution in [2.75, 3.05) is 39.3 Å². The molecule has 0 saturated carbocycles. The maximum Gasteiger partial charge on any atom is 0.226 e. The first-order valence-corrected chi connectivity index (χ1v) is 8.48. The zero-order valence-corrected chi connectivity index (χ0v) is 16.5. The highest BCUT2D eigenvalue weighted by Crippen LogP contribution is 2.25. The Morgan fingerprint density at radius 1 is 1.35 bits per heavy atom. The van der Waals surface area contributed by atoms with Crippen LogP contribution in [0.25, 0.3) is 0 Å². The van der Waals surface area contributed by atoms with Gasteiger partial charge in [0.25, 0.3) is 0 Å². The van der Waals surface area contributed by atoms with E-state index in [0.717, 1.165) is 50.0 Å². The van der Waals surface area contributed by atoms with Gasteiger partial charge in [-0.1, -0.05) is 20.8 Å². The molecule has 2 heterocycles. The lowest BCUT2D eigenvalue weighted by atomic mass is 9.98.